The molecule has 0 heterocycles. The number of unbranched alkanes of at least 4 members (excludes halogenated alkanes) is 10. The largest absolute Gasteiger partial charge is 0.378 e. The summed E-state index contributed by atoms with van der Waals surface area (Å²) in [6.45, 7) is 11.1. The van der Waals surface area contributed by atoms with E-state index in [0.29, 0.717) is 23.7 Å². The molecule has 1 unspecified atom stereocenters. The van der Waals surface area contributed by atoms with Gasteiger partial charge in [-0.1, -0.05) is 98.3 Å². The highest BCUT2D eigenvalue weighted by molar-refractivity contribution is 5.98. The highest BCUT2D eigenvalue weighted by Gasteiger charge is 2.42. The van der Waals surface area contributed by atoms with Crippen LogP contribution in [0.15, 0.2) is 0 Å². The fourth-order valence-electron chi connectivity index (χ4n) is 3.47. The molecule has 0 N–H and O–H groups in total. The zero-order valence-corrected chi connectivity index (χ0v) is 22.4. The van der Waals surface area contributed by atoms with Crippen molar-refractivity contribution in [2.24, 2.45) is 0 Å². The first-order valence-electron chi connectivity index (χ1n) is 12.6. The van der Waals surface area contributed by atoms with Gasteiger partial charge < -0.3 is 18.6 Å². The third-order valence-corrected chi connectivity index (χ3v) is 5.99. The summed E-state index contributed by atoms with van der Waals surface area (Å²) in [6.07, 6.45) is 17.3. The Bertz CT molecular complexity index is 314. The SMILES string of the molecule is CCCCCCOC(CCCC)C(O[SiH3])(OCCCCCC)OCCCCCC. The zero-order valence-electron chi connectivity index (χ0n) is 20.4. The third kappa shape index (κ3) is 14.7. The van der Waals surface area contributed by atoms with Crippen LogP contribution in [-0.2, 0) is 18.6 Å². The average Bonchev–Trinajstić information content (AvgIpc) is 2.74. The molecule has 0 aromatic carbocycles. The number of hydrogen-bond acceptors (Lipinski definition) is 4. The predicted molar refractivity (Wildman–Crippen MR) is 127 cm³/mol. The number of ether oxygens (including phenoxy) is 3. The fraction of sp³-hybridized carbons (Fsp3) is 1.00. The molecule has 5 heteroatoms. The first-order chi connectivity index (χ1) is 14.2. The summed E-state index contributed by atoms with van der Waals surface area (Å²) in [5.74, 6) is -1.01. The normalized spacial score (nSPS) is 13.2. The van der Waals surface area contributed by atoms with Gasteiger partial charge in [0.1, 0.15) is 6.10 Å². The van der Waals surface area contributed by atoms with E-state index >= 15 is 0 Å². The average molecular weight is 433 g/mol. The summed E-state index contributed by atoms with van der Waals surface area (Å²) in [7, 11) is 0.573. The molecule has 0 aromatic rings. The van der Waals surface area contributed by atoms with Gasteiger partial charge in [-0.05, 0) is 25.7 Å². The molecule has 4 nitrogen and oxygen atoms in total. The minimum atomic E-state index is -1.01. The Labute approximate surface area is 185 Å². The molecule has 0 saturated carbocycles. The molecule has 0 aromatic heterocycles. The summed E-state index contributed by atoms with van der Waals surface area (Å²) in [4.78, 5) is 0. The molecular weight excluding hydrogens is 380 g/mol. The summed E-state index contributed by atoms with van der Waals surface area (Å²) >= 11 is 0. The second-order valence-electron chi connectivity index (χ2n) is 8.19. The third-order valence-electron chi connectivity index (χ3n) is 5.42. The maximum absolute atomic E-state index is 6.35. The zero-order chi connectivity index (χ0) is 21.6. The minimum Gasteiger partial charge on any atom is -0.378 e. The van der Waals surface area contributed by atoms with Gasteiger partial charge in [0, 0.05) is 6.61 Å². The van der Waals surface area contributed by atoms with Gasteiger partial charge in [0.25, 0.3) is 0 Å². The van der Waals surface area contributed by atoms with Crippen molar-refractivity contribution < 1.29 is 18.6 Å². The summed E-state index contributed by atoms with van der Waals surface area (Å²) in [5.41, 5.74) is 0. The van der Waals surface area contributed by atoms with Crippen LogP contribution < -0.4 is 0 Å². The Kier molecular flexibility index (Phi) is 21.3. The van der Waals surface area contributed by atoms with Crippen LogP contribution in [0.3, 0.4) is 0 Å². The van der Waals surface area contributed by atoms with Crippen LogP contribution in [0.5, 0.6) is 0 Å². The van der Waals surface area contributed by atoms with E-state index in [1.54, 1.807) is 0 Å². The van der Waals surface area contributed by atoms with Crippen molar-refractivity contribution in [3.05, 3.63) is 0 Å². The van der Waals surface area contributed by atoms with Crippen LogP contribution in [0.2, 0.25) is 0 Å². The Morgan fingerprint density at radius 2 is 1.03 bits per heavy atom. The highest BCUT2D eigenvalue weighted by Crippen LogP contribution is 2.28. The molecule has 1 atom stereocenters. The molecule has 0 radical (unpaired) electrons. The van der Waals surface area contributed by atoms with Crippen LogP contribution in [0, 0.1) is 0 Å². The molecule has 29 heavy (non-hydrogen) atoms. The van der Waals surface area contributed by atoms with E-state index in [2.05, 4.69) is 27.7 Å². The molecule has 0 spiro atoms. The molecule has 0 bridgehead atoms. The smallest absolute Gasteiger partial charge is 0.300 e. The standard InChI is InChI=1S/C24H52O4Si/c1-5-9-13-16-20-25-23(19-12-8-4)24(28-29,26-21-17-14-10-6-2)27-22-18-15-11-7-3/h23H,5-22H2,1-4,29H3. The van der Waals surface area contributed by atoms with E-state index in [1.165, 1.54) is 57.8 Å². The lowest BCUT2D eigenvalue weighted by atomic mass is 10.1. The maximum Gasteiger partial charge on any atom is 0.300 e. The van der Waals surface area contributed by atoms with Gasteiger partial charge in [-0.2, -0.15) is 0 Å². The molecule has 0 amide bonds. The number of rotatable bonds is 23. The van der Waals surface area contributed by atoms with Crippen molar-refractivity contribution in [1.82, 2.24) is 0 Å². The lowest BCUT2D eigenvalue weighted by Gasteiger charge is -2.39. The topological polar surface area (TPSA) is 36.9 Å². The molecule has 0 aliphatic rings. The Hall–Kier alpha value is 0.0569. The van der Waals surface area contributed by atoms with E-state index in [1.807, 2.05) is 0 Å². The van der Waals surface area contributed by atoms with E-state index < -0.39 is 5.97 Å². The van der Waals surface area contributed by atoms with E-state index in [9.17, 15) is 0 Å². The quantitative estimate of drug-likeness (QED) is 0.108. The van der Waals surface area contributed by atoms with Crippen molar-refractivity contribution in [1.29, 1.82) is 0 Å². The van der Waals surface area contributed by atoms with Crippen molar-refractivity contribution >= 4 is 10.5 Å². The van der Waals surface area contributed by atoms with E-state index in [0.717, 1.165) is 45.1 Å². The molecule has 0 rings (SSSR count). The van der Waals surface area contributed by atoms with E-state index in [-0.39, 0.29) is 6.10 Å². The molecular formula is C24H52O4Si. The van der Waals surface area contributed by atoms with E-state index in [4.69, 9.17) is 18.6 Å². The Morgan fingerprint density at radius 3 is 1.45 bits per heavy atom. The van der Waals surface area contributed by atoms with Gasteiger partial charge in [-0.15, -0.1) is 0 Å². The van der Waals surface area contributed by atoms with Crippen LogP contribution in [0.4, 0.5) is 0 Å². The van der Waals surface area contributed by atoms with Gasteiger partial charge in [-0.25, -0.2) is 0 Å². The minimum absolute atomic E-state index is 0.140. The second kappa shape index (κ2) is 21.3. The summed E-state index contributed by atoms with van der Waals surface area (Å²) in [6, 6.07) is 0. The molecule has 0 fully saturated rings. The monoisotopic (exact) mass is 432 g/mol. The van der Waals surface area contributed by atoms with Gasteiger partial charge in [-0.3, -0.25) is 0 Å². The summed E-state index contributed by atoms with van der Waals surface area (Å²) in [5, 5.41) is 0. The first kappa shape index (κ1) is 29.1. The summed E-state index contributed by atoms with van der Waals surface area (Å²) < 4.78 is 25.1. The highest BCUT2D eigenvalue weighted by atomic mass is 28.2. The molecule has 176 valence electrons. The van der Waals surface area contributed by atoms with Gasteiger partial charge in [0.15, 0.2) is 10.5 Å². The Balaban J connectivity index is 4.94. The lowest BCUT2D eigenvalue weighted by molar-refractivity contribution is -0.387. The van der Waals surface area contributed by atoms with Crippen LogP contribution in [0.1, 0.15) is 124 Å². The van der Waals surface area contributed by atoms with Crippen LogP contribution >= 0.6 is 0 Å². The predicted octanol–water partition coefficient (Wildman–Crippen LogP) is 6.29. The maximum atomic E-state index is 6.35. The van der Waals surface area contributed by atoms with Gasteiger partial charge in [0.05, 0.1) is 13.2 Å². The van der Waals surface area contributed by atoms with Crippen molar-refractivity contribution in [3.8, 4) is 0 Å². The van der Waals surface area contributed by atoms with Crippen LogP contribution in [0.25, 0.3) is 0 Å². The molecule has 0 aliphatic heterocycles. The van der Waals surface area contributed by atoms with Crippen molar-refractivity contribution in [3.63, 3.8) is 0 Å². The van der Waals surface area contributed by atoms with Crippen molar-refractivity contribution in [2.75, 3.05) is 19.8 Å². The first-order valence-corrected chi connectivity index (χ1v) is 13.5. The van der Waals surface area contributed by atoms with Gasteiger partial charge in [0.2, 0.25) is 0 Å². The lowest BCUT2D eigenvalue weighted by Crippen LogP contribution is -2.51. The van der Waals surface area contributed by atoms with Crippen molar-refractivity contribution in [2.45, 2.75) is 136 Å². The van der Waals surface area contributed by atoms with Crippen LogP contribution in [-0.4, -0.2) is 42.4 Å². The molecule has 0 saturated heterocycles. The van der Waals surface area contributed by atoms with Gasteiger partial charge >= 0.3 is 5.97 Å². The second-order valence-corrected chi connectivity index (χ2v) is 8.60. The molecule has 0 aliphatic carbocycles. The fourth-order valence-corrected chi connectivity index (χ4v) is 3.97. The number of hydrogen-bond donors (Lipinski definition) is 0. The Morgan fingerprint density at radius 1 is 0.586 bits per heavy atom.